The van der Waals surface area contributed by atoms with Crippen molar-refractivity contribution in [1.29, 1.82) is 0 Å². The van der Waals surface area contributed by atoms with E-state index in [1.54, 1.807) is 36.3 Å². The summed E-state index contributed by atoms with van der Waals surface area (Å²) < 4.78 is 0. The molecule has 3 aromatic rings. The smallest absolute Gasteiger partial charge is 0.251 e. The lowest BCUT2D eigenvalue weighted by Crippen LogP contribution is -2.38. The van der Waals surface area contributed by atoms with Crippen molar-refractivity contribution in [2.75, 3.05) is 17.3 Å². The van der Waals surface area contributed by atoms with Crippen molar-refractivity contribution in [2.45, 2.75) is 24.8 Å². The lowest BCUT2D eigenvalue weighted by Gasteiger charge is -2.27. The van der Waals surface area contributed by atoms with Gasteiger partial charge < -0.3 is 15.6 Å². The Morgan fingerprint density at radius 3 is 2.88 bits per heavy atom. The molecule has 32 heavy (non-hydrogen) atoms. The Labute approximate surface area is 189 Å². The molecule has 3 heterocycles. The molecule has 0 aliphatic carbocycles. The van der Waals surface area contributed by atoms with Crippen molar-refractivity contribution in [3.8, 4) is 11.4 Å². The minimum atomic E-state index is -0.600. The van der Waals surface area contributed by atoms with Gasteiger partial charge in [0.1, 0.15) is 5.82 Å². The van der Waals surface area contributed by atoms with Gasteiger partial charge >= 0.3 is 0 Å². The van der Waals surface area contributed by atoms with Gasteiger partial charge in [0.2, 0.25) is 11.8 Å². The number of amides is 2. The van der Waals surface area contributed by atoms with Gasteiger partial charge in [0.15, 0.2) is 0 Å². The lowest BCUT2D eigenvalue weighted by atomic mass is 9.89. The first-order valence-electron chi connectivity index (χ1n) is 10.2. The number of benzene rings is 1. The summed E-state index contributed by atoms with van der Waals surface area (Å²) in [4.78, 5) is 49.2. The summed E-state index contributed by atoms with van der Waals surface area (Å²) in [7, 11) is 0. The van der Waals surface area contributed by atoms with Crippen molar-refractivity contribution >= 4 is 29.3 Å². The normalized spacial score (nSPS) is 16.0. The third kappa shape index (κ3) is 4.88. The number of aromatic amines is 1. The predicted molar refractivity (Wildman–Crippen MR) is 124 cm³/mol. The molecule has 0 fully saturated rings. The molecule has 2 unspecified atom stereocenters. The van der Waals surface area contributed by atoms with Crippen molar-refractivity contribution < 1.29 is 9.59 Å². The average Bonchev–Trinajstić information content (AvgIpc) is 2.81. The second-order valence-corrected chi connectivity index (χ2v) is 8.48. The maximum atomic E-state index is 13.3. The van der Waals surface area contributed by atoms with Crippen LogP contribution < -0.4 is 16.2 Å². The zero-order valence-electron chi connectivity index (χ0n) is 17.5. The van der Waals surface area contributed by atoms with E-state index in [0.29, 0.717) is 29.2 Å². The molecule has 2 atom stereocenters. The molecule has 0 radical (unpaired) electrons. The molecule has 0 saturated carbocycles. The number of hydrogen-bond acceptors (Lipinski definition) is 6. The molecular formula is C23H23N5O3S. The molecule has 8 nitrogen and oxygen atoms in total. The zero-order valence-corrected chi connectivity index (χ0v) is 18.3. The van der Waals surface area contributed by atoms with Gasteiger partial charge in [-0.05, 0) is 42.2 Å². The summed E-state index contributed by atoms with van der Waals surface area (Å²) in [6.45, 7) is 0. The number of aromatic nitrogens is 3. The third-order valence-corrected chi connectivity index (χ3v) is 5.94. The largest absolute Gasteiger partial charge is 0.347 e. The van der Waals surface area contributed by atoms with Crippen LogP contribution in [-0.2, 0) is 9.59 Å². The maximum Gasteiger partial charge on any atom is 0.251 e. The minimum absolute atomic E-state index is 0.0713. The van der Waals surface area contributed by atoms with Gasteiger partial charge in [0.05, 0.1) is 17.7 Å². The van der Waals surface area contributed by atoms with Crippen molar-refractivity contribution in [3.63, 3.8) is 0 Å². The molecule has 1 aromatic carbocycles. The van der Waals surface area contributed by atoms with Gasteiger partial charge in [-0.25, -0.2) is 4.98 Å². The van der Waals surface area contributed by atoms with E-state index in [1.165, 1.54) is 6.07 Å². The van der Waals surface area contributed by atoms with Crippen LogP contribution in [0.3, 0.4) is 0 Å². The first-order chi connectivity index (χ1) is 15.5. The van der Waals surface area contributed by atoms with E-state index in [-0.39, 0.29) is 23.8 Å². The predicted octanol–water partition coefficient (Wildman–Crippen LogP) is 2.87. The number of hydrogen-bond donors (Lipinski definition) is 3. The Hall–Kier alpha value is -3.46. The topological polar surface area (TPSA) is 117 Å². The van der Waals surface area contributed by atoms with Gasteiger partial charge in [-0.15, -0.1) is 0 Å². The number of pyridine rings is 1. The molecule has 2 aromatic heterocycles. The van der Waals surface area contributed by atoms with Crippen LogP contribution in [0.25, 0.3) is 11.4 Å². The highest BCUT2D eigenvalue weighted by Crippen LogP contribution is 2.33. The van der Waals surface area contributed by atoms with Crippen LogP contribution in [0.1, 0.15) is 36.1 Å². The summed E-state index contributed by atoms with van der Waals surface area (Å²) in [5, 5.41) is 5.85. The molecule has 4 rings (SSSR count). The minimum Gasteiger partial charge on any atom is -0.347 e. The SMILES string of the molecule is CSCCC(NC(=O)C1CC(=O)Nc2ccccc21)c1cc(=O)[nH]c(-c2cccnc2)n1. The molecule has 0 spiro atoms. The zero-order chi connectivity index (χ0) is 22.5. The van der Waals surface area contributed by atoms with Crippen LogP contribution in [-0.4, -0.2) is 38.8 Å². The molecular weight excluding hydrogens is 426 g/mol. The fourth-order valence-corrected chi connectivity index (χ4v) is 4.21. The number of nitrogens with zero attached hydrogens (tertiary/aromatic N) is 2. The number of carbonyl (C=O) groups is 2. The van der Waals surface area contributed by atoms with E-state index in [4.69, 9.17) is 0 Å². The lowest BCUT2D eigenvalue weighted by molar-refractivity contribution is -0.127. The number of rotatable bonds is 7. The van der Waals surface area contributed by atoms with Crippen molar-refractivity contribution in [3.05, 3.63) is 76.5 Å². The maximum absolute atomic E-state index is 13.3. The van der Waals surface area contributed by atoms with Gasteiger partial charge in [-0.1, -0.05) is 18.2 Å². The number of anilines is 1. The Morgan fingerprint density at radius 2 is 2.09 bits per heavy atom. The Bertz CT molecular complexity index is 1180. The molecule has 0 saturated heterocycles. The van der Waals surface area contributed by atoms with E-state index in [0.717, 1.165) is 11.3 Å². The second-order valence-electron chi connectivity index (χ2n) is 7.50. The van der Waals surface area contributed by atoms with E-state index in [1.807, 2.05) is 30.5 Å². The van der Waals surface area contributed by atoms with E-state index in [9.17, 15) is 14.4 Å². The molecule has 1 aliphatic heterocycles. The number of carbonyl (C=O) groups excluding carboxylic acids is 2. The van der Waals surface area contributed by atoms with Gasteiger partial charge in [-0.2, -0.15) is 11.8 Å². The van der Waals surface area contributed by atoms with Crippen LogP contribution in [0.2, 0.25) is 0 Å². The number of thioether (sulfide) groups is 1. The number of nitrogens with one attached hydrogen (secondary N) is 3. The molecule has 1 aliphatic rings. The highest BCUT2D eigenvalue weighted by molar-refractivity contribution is 7.98. The van der Waals surface area contributed by atoms with Crippen LogP contribution in [0.4, 0.5) is 5.69 Å². The third-order valence-electron chi connectivity index (χ3n) is 5.30. The van der Waals surface area contributed by atoms with Gasteiger partial charge in [-0.3, -0.25) is 19.4 Å². The summed E-state index contributed by atoms with van der Waals surface area (Å²) in [5.41, 5.74) is 2.28. The van der Waals surface area contributed by atoms with Crippen LogP contribution in [0.15, 0.2) is 59.7 Å². The summed E-state index contributed by atoms with van der Waals surface area (Å²) in [6, 6.07) is 11.8. The fourth-order valence-electron chi connectivity index (χ4n) is 3.74. The molecule has 3 N–H and O–H groups in total. The van der Waals surface area contributed by atoms with Crippen LogP contribution in [0, 0.1) is 0 Å². The quantitative estimate of drug-likeness (QED) is 0.511. The van der Waals surface area contributed by atoms with E-state index in [2.05, 4.69) is 25.6 Å². The van der Waals surface area contributed by atoms with Crippen molar-refractivity contribution in [1.82, 2.24) is 20.3 Å². The van der Waals surface area contributed by atoms with E-state index < -0.39 is 12.0 Å². The molecule has 164 valence electrons. The Kier molecular flexibility index (Phi) is 6.65. The molecule has 9 heteroatoms. The number of fused-ring (bicyclic) bond motifs is 1. The Morgan fingerprint density at radius 1 is 1.25 bits per heavy atom. The molecule has 2 amide bonds. The standard InChI is InChI=1S/C23H23N5O3S/c1-32-10-8-18(19-12-21(30)28-22(26-19)14-5-4-9-24-13-14)27-23(31)16-11-20(29)25-17-7-3-2-6-15(16)17/h2-7,9,12-13,16,18H,8,10-11H2,1H3,(H,25,29)(H,27,31)(H,26,28,30). The van der Waals surface area contributed by atoms with Gasteiger partial charge in [0.25, 0.3) is 5.56 Å². The summed E-state index contributed by atoms with van der Waals surface area (Å²) in [6.07, 6.45) is 5.91. The highest BCUT2D eigenvalue weighted by atomic mass is 32.2. The van der Waals surface area contributed by atoms with Gasteiger partial charge in [0, 0.05) is 36.1 Å². The van der Waals surface area contributed by atoms with Crippen LogP contribution in [0.5, 0.6) is 0 Å². The Balaban J connectivity index is 1.64. The first kappa shape index (κ1) is 21.8. The fraction of sp³-hybridized carbons (Fsp3) is 0.261. The average molecular weight is 450 g/mol. The summed E-state index contributed by atoms with van der Waals surface area (Å²) >= 11 is 1.64. The number of H-pyrrole nitrogens is 1. The second kappa shape index (κ2) is 9.78. The summed E-state index contributed by atoms with van der Waals surface area (Å²) in [5.74, 6) is 0.104. The monoisotopic (exact) mass is 449 g/mol. The van der Waals surface area contributed by atoms with E-state index >= 15 is 0 Å². The van der Waals surface area contributed by atoms with Crippen LogP contribution >= 0.6 is 11.8 Å². The first-order valence-corrected chi connectivity index (χ1v) is 11.6. The molecule has 0 bridgehead atoms. The number of para-hydroxylation sites is 1. The highest BCUT2D eigenvalue weighted by Gasteiger charge is 2.32. The van der Waals surface area contributed by atoms with Crippen molar-refractivity contribution in [2.24, 2.45) is 0 Å².